The monoisotopic (exact) mass is 324 g/mol. The van der Waals surface area contributed by atoms with Crippen LogP contribution in [0.3, 0.4) is 0 Å². The Morgan fingerprint density at radius 3 is 2.33 bits per heavy atom. The number of benzene rings is 1. The quantitative estimate of drug-likeness (QED) is 0.680. The minimum atomic E-state index is -0.746. The molecule has 6 nitrogen and oxygen atoms in total. The van der Waals surface area contributed by atoms with Crippen molar-refractivity contribution >= 4 is 29.6 Å². The molecule has 2 heterocycles. The summed E-state index contributed by atoms with van der Waals surface area (Å²) in [5, 5.41) is 2.22. The molecule has 24 heavy (non-hydrogen) atoms. The molecular formula is C18H16N2O4. The number of furan rings is 1. The molecule has 1 aliphatic rings. The number of carbonyl (C=O) groups excluding carboxylic acids is 3. The molecule has 0 radical (unpaired) electrons. The lowest BCUT2D eigenvalue weighted by atomic mass is 10.0. The van der Waals surface area contributed by atoms with Gasteiger partial charge in [-0.1, -0.05) is 17.7 Å². The Balaban J connectivity index is 2.10. The Hall–Kier alpha value is -3.15. The van der Waals surface area contributed by atoms with Crippen molar-refractivity contribution in [2.24, 2.45) is 0 Å². The van der Waals surface area contributed by atoms with Crippen molar-refractivity contribution in [3.63, 3.8) is 0 Å². The molecule has 1 saturated heterocycles. The summed E-state index contributed by atoms with van der Waals surface area (Å²) in [7, 11) is 0. The maximum Gasteiger partial charge on any atom is 0.335 e. The Kier molecular flexibility index (Phi) is 3.81. The largest absolute Gasteiger partial charge is 0.472 e. The Labute approximate surface area is 138 Å². The predicted octanol–water partition coefficient (Wildman–Crippen LogP) is 2.87. The number of hydrogen-bond acceptors (Lipinski definition) is 4. The molecule has 0 unspecified atom stereocenters. The molecule has 3 rings (SSSR count). The van der Waals surface area contributed by atoms with Crippen molar-refractivity contribution in [1.82, 2.24) is 5.32 Å². The average Bonchev–Trinajstić information content (AvgIpc) is 2.99. The molecule has 0 spiro atoms. The average molecular weight is 324 g/mol. The zero-order chi connectivity index (χ0) is 17.4. The van der Waals surface area contributed by atoms with Gasteiger partial charge in [-0.05, 0) is 44.0 Å². The molecule has 0 aliphatic carbocycles. The van der Waals surface area contributed by atoms with Crippen LogP contribution in [0.4, 0.5) is 10.5 Å². The highest BCUT2D eigenvalue weighted by Crippen LogP contribution is 2.29. The first-order chi connectivity index (χ1) is 11.4. The van der Waals surface area contributed by atoms with Gasteiger partial charge in [-0.2, -0.15) is 0 Å². The van der Waals surface area contributed by atoms with Gasteiger partial charge in [-0.15, -0.1) is 0 Å². The molecule has 0 bridgehead atoms. The fraction of sp³-hybridized carbons (Fsp3) is 0.167. The number of rotatable bonds is 2. The van der Waals surface area contributed by atoms with Crippen molar-refractivity contribution in [2.75, 3.05) is 4.90 Å². The molecule has 0 saturated carbocycles. The highest BCUT2D eigenvalue weighted by atomic mass is 16.3. The minimum absolute atomic E-state index is 0.115. The molecule has 0 atom stereocenters. The van der Waals surface area contributed by atoms with Crippen molar-refractivity contribution < 1.29 is 18.8 Å². The molecule has 6 heteroatoms. The van der Waals surface area contributed by atoms with Gasteiger partial charge in [0.25, 0.3) is 11.8 Å². The summed E-state index contributed by atoms with van der Waals surface area (Å²) in [5.41, 5.74) is 3.55. The van der Waals surface area contributed by atoms with Gasteiger partial charge in [0.2, 0.25) is 0 Å². The first kappa shape index (κ1) is 15.7. The van der Waals surface area contributed by atoms with E-state index in [2.05, 4.69) is 5.32 Å². The third kappa shape index (κ3) is 2.62. The van der Waals surface area contributed by atoms with Gasteiger partial charge in [0.05, 0.1) is 18.2 Å². The number of nitrogens with zero attached hydrogens (tertiary/aromatic N) is 1. The second-order valence-electron chi connectivity index (χ2n) is 5.76. The molecule has 1 N–H and O–H groups in total. The van der Waals surface area contributed by atoms with Crippen LogP contribution in [0.1, 0.15) is 22.3 Å². The first-order valence-corrected chi connectivity index (χ1v) is 7.40. The minimum Gasteiger partial charge on any atom is -0.472 e. The lowest BCUT2D eigenvalue weighted by molar-refractivity contribution is -0.122. The summed E-state index contributed by atoms with van der Waals surface area (Å²) in [6.45, 7) is 5.59. The van der Waals surface area contributed by atoms with E-state index in [4.69, 9.17) is 4.42 Å². The molecule has 2 aromatic rings. The zero-order valence-corrected chi connectivity index (χ0v) is 13.5. The van der Waals surface area contributed by atoms with Crippen LogP contribution < -0.4 is 10.2 Å². The SMILES string of the molecule is Cc1cc(C)c(N2C(=O)NC(=O)/C(=C/c3ccoc3)C2=O)c(C)c1. The second-order valence-corrected chi connectivity index (χ2v) is 5.76. The number of barbiturate groups is 1. The smallest absolute Gasteiger partial charge is 0.335 e. The number of aryl methyl sites for hydroxylation is 3. The van der Waals surface area contributed by atoms with Gasteiger partial charge in [0.15, 0.2) is 0 Å². The summed E-state index contributed by atoms with van der Waals surface area (Å²) < 4.78 is 4.94. The van der Waals surface area contributed by atoms with Gasteiger partial charge in [0.1, 0.15) is 5.57 Å². The van der Waals surface area contributed by atoms with Crippen LogP contribution in [0.25, 0.3) is 6.08 Å². The fourth-order valence-corrected chi connectivity index (χ4v) is 2.91. The molecular weight excluding hydrogens is 308 g/mol. The van der Waals surface area contributed by atoms with Crippen molar-refractivity contribution in [2.45, 2.75) is 20.8 Å². The van der Waals surface area contributed by atoms with E-state index in [0.717, 1.165) is 21.6 Å². The topological polar surface area (TPSA) is 79.6 Å². The van der Waals surface area contributed by atoms with Gasteiger partial charge in [0, 0.05) is 5.56 Å². The van der Waals surface area contributed by atoms with E-state index in [1.807, 2.05) is 32.9 Å². The molecule has 4 amide bonds. The molecule has 122 valence electrons. The summed E-state index contributed by atoms with van der Waals surface area (Å²) in [4.78, 5) is 38.2. The molecule has 1 aliphatic heterocycles. The number of imide groups is 2. The number of urea groups is 1. The third-order valence-electron chi connectivity index (χ3n) is 3.81. The number of amides is 4. The zero-order valence-electron chi connectivity index (χ0n) is 13.5. The van der Waals surface area contributed by atoms with Crippen LogP contribution in [-0.2, 0) is 9.59 Å². The summed E-state index contributed by atoms with van der Waals surface area (Å²) in [6, 6.07) is 4.65. The van der Waals surface area contributed by atoms with Crippen LogP contribution in [0.2, 0.25) is 0 Å². The number of carbonyl (C=O) groups is 3. The van der Waals surface area contributed by atoms with E-state index < -0.39 is 17.8 Å². The van der Waals surface area contributed by atoms with E-state index >= 15 is 0 Å². The highest BCUT2D eigenvalue weighted by molar-refractivity contribution is 6.39. The number of anilines is 1. The van der Waals surface area contributed by atoms with Crippen LogP contribution in [0, 0.1) is 20.8 Å². The normalized spacial score (nSPS) is 16.7. The summed E-state index contributed by atoms with van der Waals surface area (Å²) in [6.07, 6.45) is 4.25. The molecule has 1 fully saturated rings. The predicted molar refractivity (Wildman–Crippen MR) is 88.4 cm³/mol. The molecule has 1 aromatic heterocycles. The van der Waals surface area contributed by atoms with Crippen LogP contribution >= 0.6 is 0 Å². The standard InChI is InChI=1S/C18H16N2O4/c1-10-6-11(2)15(12(3)7-10)20-17(22)14(16(21)19-18(20)23)8-13-4-5-24-9-13/h4-9H,1-3H3,(H,19,21,23)/b14-8-. The summed E-state index contributed by atoms with van der Waals surface area (Å²) >= 11 is 0. The van der Waals surface area contributed by atoms with E-state index in [1.54, 1.807) is 6.07 Å². The highest BCUT2D eigenvalue weighted by Gasteiger charge is 2.38. The van der Waals surface area contributed by atoms with E-state index in [1.165, 1.54) is 18.6 Å². The third-order valence-corrected chi connectivity index (χ3v) is 3.81. The maximum absolute atomic E-state index is 12.8. The molecule has 1 aromatic carbocycles. The first-order valence-electron chi connectivity index (χ1n) is 7.40. The van der Waals surface area contributed by atoms with Crippen molar-refractivity contribution in [3.8, 4) is 0 Å². The van der Waals surface area contributed by atoms with E-state index in [0.29, 0.717) is 11.3 Å². The Morgan fingerprint density at radius 2 is 1.75 bits per heavy atom. The fourth-order valence-electron chi connectivity index (χ4n) is 2.91. The number of hydrogen-bond donors (Lipinski definition) is 1. The van der Waals surface area contributed by atoms with Crippen molar-refractivity contribution in [1.29, 1.82) is 0 Å². The Bertz CT molecular complexity index is 855. The van der Waals surface area contributed by atoms with E-state index in [-0.39, 0.29) is 5.57 Å². The van der Waals surface area contributed by atoms with Crippen LogP contribution in [-0.4, -0.2) is 17.8 Å². The van der Waals surface area contributed by atoms with E-state index in [9.17, 15) is 14.4 Å². The van der Waals surface area contributed by atoms with Gasteiger partial charge < -0.3 is 4.42 Å². The lowest BCUT2D eigenvalue weighted by Crippen LogP contribution is -2.54. The van der Waals surface area contributed by atoms with Crippen molar-refractivity contribution in [3.05, 3.63) is 58.6 Å². The number of nitrogens with one attached hydrogen (secondary N) is 1. The Morgan fingerprint density at radius 1 is 1.08 bits per heavy atom. The lowest BCUT2D eigenvalue weighted by Gasteiger charge is -2.29. The van der Waals surface area contributed by atoms with Gasteiger partial charge >= 0.3 is 6.03 Å². The van der Waals surface area contributed by atoms with Gasteiger partial charge in [-0.25, -0.2) is 9.69 Å². The second kappa shape index (κ2) is 5.81. The summed E-state index contributed by atoms with van der Waals surface area (Å²) in [5.74, 6) is -1.37. The van der Waals surface area contributed by atoms with Gasteiger partial charge in [-0.3, -0.25) is 14.9 Å². The maximum atomic E-state index is 12.8. The van der Waals surface area contributed by atoms with Crippen LogP contribution in [0.5, 0.6) is 0 Å². The van der Waals surface area contributed by atoms with Crippen LogP contribution in [0.15, 0.2) is 40.7 Å².